The quantitative estimate of drug-likeness (QED) is 0.739. The van der Waals surface area contributed by atoms with Crippen molar-refractivity contribution in [3.8, 4) is 5.82 Å². The van der Waals surface area contributed by atoms with Crippen LogP contribution < -0.4 is 0 Å². The maximum Gasteiger partial charge on any atom is 0.255 e. The zero-order valence-corrected chi connectivity index (χ0v) is 13.2. The first-order valence-electron chi connectivity index (χ1n) is 8.04. The van der Waals surface area contributed by atoms with Gasteiger partial charge in [-0.3, -0.25) is 14.0 Å². The first kappa shape index (κ1) is 14.6. The van der Waals surface area contributed by atoms with Gasteiger partial charge in [-0.05, 0) is 31.0 Å². The van der Waals surface area contributed by atoms with E-state index in [4.69, 9.17) is 0 Å². The van der Waals surface area contributed by atoms with Gasteiger partial charge >= 0.3 is 0 Å². The van der Waals surface area contributed by atoms with Gasteiger partial charge in [0, 0.05) is 44.1 Å². The Hall–Kier alpha value is -2.96. The van der Waals surface area contributed by atoms with Crippen molar-refractivity contribution in [3.63, 3.8) is 0 Å². The number of aromatic nitrogens is 5. The van der Waals surface area contributed by atoms with E-state index in [1.165, 1.54) is 0 Å². The lowest BCUT2D eigenvalue weighted by Gasteiger charge is -2.32. The van der Waals surface area contributed by atoms with Crippen molar-refractivity contribution in [3.05, 3.63) is 61.1 Å². The smallest absolute Gasteiger partial charge is 0.255 e. The Kier molecular flexibility index (Phi) is 3.82. The molecule has 1 atom stereocenters. The average molecular weight is 322 g/mol. The number of hydrogen-bond donors (Lipinski definition) is 0. The van der Waals surface area contributed by atoms with Gasteiger partial charge in [-0.25, -0.2) is 9.97 Å². The van der Waals surface area contributed by atoms with Crippen LogP contribution in [0, 0.1) is 0 Å². The molecule has 1 amide bonds. The van der Waals surface area contributed by atoms with Crippen molar-refractivity contribution in [2.24, 2.45) is 0 Å². The fourth-order valence-electron chi connectivity index (χ4n) is 3.09. The minimum Gasteiger partial charge on any atom is -0.336 e. The largest absolute Gasteiger partial charge is 0.336 e. The number of hydrogen-bond acceptors (Lipinski definition) is 4. The number of nitrogens with zero attached hydrogens (tertiary/aromatic N) is 6. The SMILES string of the molecule is O=C(c1ccc(-n2ccnc2)nc1)N1CCC[C@@H](n2cccn2)C1. The number of carbonyl (C=O) groups is 1. The molecule has 0 aromatic carbocycles. The topological polar surface area (TPSA) is 68.8 Å². The highest BCUT2D eigenvalue weighted by atomic mass is 16.2. The summed E-state index contributed by atoms with van der Waals surface area (Å²) < 4.78 is 3.75. The molecule has 0 N–H and O–H groups in total. The number of carbonyl (C=O) groups excluding carboxylic acids is 1. The van der Waals surface area contributed by atoms with Crippen LogP contribution in [0.5, 0.6) is 0 Å². The normalized spacial score (nSPS) is 17.8. The summed E-state index contributed by atoms with van der Waals surface area (Å²) in [5, 5.41) is 4.30. The summed E-state index contributed by atoms with van der Waals surface area (Å²) in [6.07, 6.45) is 12.6. The second kappa shape index (κ2) is 6.27. The van der Waals surface area contributed by atoms with Gasteiger partial charge in [0.1, 0.15) is 12.1 Å². The minimum absolute atomic E-state index is 0.0246. The lowest BCUT2D eigenvalue weighted by atomic mass is 10.0. The number of imidazole rings is 1. The number of likely N-dealkylation sites (tertiary alicyclic amines) is 1. The van der Waals surface area contributed by atoms with Crippen molar-refractivity contribution < 1.29 is 4.79 Å². The highest BCUT2D eigenvalue weighted by Crippen LogP contribution is 2.22. The Morgan fingerprint density at radius 2 is 2.17 bits per heavy atom. The molecule has 1 aliphatic rings. The van der Waals surface area contributed by atoms with Crippen LogP contribution in [0.15, 0.2) is 55.5 Å². The van der Waals surface area contributed by atoms with Crippen LogP contribution in [0.25, 0.3) is 5.82 Å². The standard InChI is InChI=1S/C17H18N6O/c24-17(14-4-5-16(19-11-14)22-10-7-18-13-22)21-8-1-3-15(12-21)23-9-2-6-20-23/h2,4-7,9-11,13,15H,1,3,8,12H2/t15-/m1/s1. The van der Waals surface area contributed by atoms with Crippen molar-refractivity contribution in [2.45, 2.75) is 18.9 Å². The Balaban J connectivity index is 1.49. The summed E-state index contributed by atoms with van der Waals surface area (Å²) in [5.41, 5.74) is 0.611. The van der Waals surface area contributed by atoms with E-state index >= 15 is 0 Å². The Morgan fingerprint density at radius 1 is 1.21 bits per heavy atom. The molecule has 24 heavy (non-hydrogen) atoms. The molecule has 4 heterocycles. The van der Waals surface area contributed by atoms with Crippen LogP contribution >= 0.6 is 0 Å². The Morgan fingerprint density at radius 3 is 2.88 bits per heavy atom. The van der Waals surface area contributed by atoms with Gasteiger partial charge in [-0.1, -0.05) is 0 Å². The molecule has 122 valence electrons. The predicted octanol–water partition coefficient (Wildman–Crippen LogP) is 1.94. The van der Waals surface area contributed by atoms with Gasteiger partial charge in [-0.15, -0.1) is 0 Å². The lowest BCUT2D eigenvalue weighted by molar-refractivity contribution is 0.0672. The second-order valence-corrected chi connectivity index (χ2v) is 5.91. The van der Waals surface area contributed by atoms with E-state index in [1.807, 2.05) is 44.7 Å². The summed E-state index contributed by atoms with van der Waals surface area (Å²) in [7, 11) is 0. The molecule has 0 saturated carbocycles. The fraction of sp³-hybridized carbons (Fsp3) is 0.294. The minimum atomic E-state index is 0.0246. The first-order chi connectivity index (χ1) is 11.8. The molecule has 7 nitrogen and oxygen atoms in total. The molecule has 3 aromatic heterocycles. The number of piperidine rings is 1. The van der Waals surface area contributed by atoms with E-state index in [-0.39, 0.29) is 11.9 Å². The molecule has 1 saturated heterocycles. The maximum atomic E-state index is 12.7. The second-order valence-electron chi connectivity index (χ2n) is 5.91. The monoisotopic (exact) mass is 322 g/mol. The molecule has 1 fully saturated rings. The van der Waals surface area contributed by atoms with E-state index in [0.717, 1.165) is 25.2 Å². The molecular weight excluding hydrogens is 304 g/mol. The zero-order chi connectivity index (χ0) is 16.4. The molecule has 0 aliphatic carbocycles. The molecule has 3 aromatic rings. The lowest BCUT2D eigenvalue weighted by Crippen LogP contribution is -2.40. The number of pyridine rings is 1. The summed E-state index contributed by atoms with van der Waals surface area (Å²) in [6, 6.07) is 5.82. The predicted molar refractivity (Wildman–Crippen MR) is 87.8 cm³/mol. The van der Waals surface area contributed by atoms with Gasteiger partial charge in [-0.2, -0.15) is 5.10 Å². The summed E-state index contributed by atoms with van der Waals surface area (Å²) in [6.45, 7) is 1.46. The fourth-order valence-corrected chi connectivity index (χ4v) is 3.09. The van der Waals surface area contributed by atoms with Gasteiger partial charge in [0.25, 0.3) is 5.91 Å². The molecule has 0 bridgehead atoms. The van der Waals surface area contributed by atoms with Gasteiger partial charge in [0.05, 0.1) is 11.6 Å². The molecular formula is C17H18N6O. The van der Waals surface area contributed by atoms with Crippen molar-refractivity contribution in [1.29, 1.82) is 0 Å². The third kappa shape index (κ3) is 2.80. The van der Waals surface area contributed by atoms with Crippen LogP contribution in [0.3, 0.4) is 0 Å². The zero-order valence-electron chi connectivity index (χ0n) is 13.2. The van der Waals surface area contributed by atoms with Gasteiger partial charge < -0.3 is 4.90 Å². The van der Waals surface area contributed by atoms with E-state index < -0.39 is 0 Å². The Labute approximate surface area is 139 Å². The van der Waals surface area contributed by atoms with Crippen LogP contribution in [-0.2, 0) is 0 Å². The Bertz CT molecular complexity index is 794. The molecule has 0 spiro atoms. The highest BCUT2D eigenvalue weighted by Gasteiger charge is 2.25. The van der Waals surface area contributed by atoms with Crippen LogP contribution in [0.4, 0.5) is 0 Å². The molecule has 7 heteroatoms. The van der Waals surface area contributed by atoms with Crippen molar-refractivity contribution >= 4 is 5.91 Å². The highest BCUT2D eigenvalue weighted by molar-refractivity contribution is 5.94. The van der Waals surface area contributed by atoms with Crippen molar-refractivity contribution in [1.82, 2.24) is 29.2 Å². The number of amides is 1. The summed E-state index contributed by atoms with van der Waals surface area (Å²) >= 11 is 0. The molecule has 4 rings (SSSR count). The first-order valence-corrected chi connectivity index (χ1v) is 8.04. The third-order valence-electron chi connectivity index (χ3n) is 4.35. The van der Waals surface area contributed by atoms with Gasteiger partial charge in [0.2, 0.25) is 0 Å². The van der Waals surface area contributed by atoms with E-state index in [2.05, 4.69) is 15.1 Å². The van der Waals surface area contributed by atoms with E-state index in [9.17, 15) is 4.79 Å². The van der Waals surface area contributed by atoms with E-state index in [1.54, 1.807) is 24.9 Å². The molecule has 1 aliphatic heterocycles. The third-order valence-corrected chi connectivity index (χ3v) is 4.35. The maximum absolute atomic E-state index is 12.7. The molecule has 0 unspecified atom stereocenters. The van der Waals surface area contributed by atoms with Gasteiger partial charge in [0.15, 0.2) is 0 Å². The van der Waals surface area contributed by atoms with Crippen molar-refractivity contribution in [2.75, 3.05) is 13.1 Å². The van der Waals surface area contributed by atoms with E-state index in [0.29, 0.717) is 12.1 Å². The van der Waals surface area contributed by atoms with Crippen LogP contribution in [0.1, 0.15) is 29.2 Å². The molecule has 0 radical (unpaired) electrons. The summed E-state index contributed by atoms with van der Waals surface area (Å²) in [4.78, 5) is 23.0. The number of rotatable bonds is 3. The summed E-state index contributed by atoms with van der Waals surface area (Å²) in [5.74, 6) is 0.772. The average Bonchev–Trinajstić information content (AvgIpc) is 3.35. The van der Waals surface area contributed by atoms with Crippen LogP contribution in [-0.4, -0.2) is 48.2 Å². The van der Waals surface area contributed by atoms with Crippen LogP contribution in [0.2, 0.25) is 0 Å².